The van der Waals surface area contributed by atoms with Crippen molar-refractivity contribution in [2.75, 3.05) is 0 Å². The number of aromatic nitrogens is 4. The van der Waals surface area contributed by atoms with Crippen molar-refractivity contribution in [1.82, 2.24) is 20.2 Å². The van der Waals surface area contributed by atoms with Gasteiger partial charge < -0.3 is 0 Å². The molecule has 0 fully saturated rings. The maximum absolute atomic E-state index is 10.8. The molecule has 19 heavy (non-hydrogen) atoms. The van der Waals surface area contributed by atoms with Crippen molar-refractivity contribution in [3.05, 3.63) is 44.0 Å². The Kier molecular flexibility index (Phi) is 3.14. The van der Waals surface area contributed by atoms with E-state index in [2.05, 4.69) is 15.4 Å². The Hall–Kier alpha value is -2.91. The molecule has 0 aliphatic carbocycles. The molecule has 98 valence electrons. The fourth-order valence-electron chi connectivity index (χ4n) is 1.55. The molecule has 10 heteroatoms. The van der Waals surface area contributed by atoms with Crippen LogP contribution in [0.4, 0.5) is 5.69 Å². The van der Waals surface area contributed by atoms with Gasteiger partial charge in [0.25, 0.3) is 5.69 Å². The van der Waals surface area contributed by atoms with E-state index in [-0.39, 0.29) is 17.1 Å². The van der Waals surface area contributed by atoms with Crippen LogP contribution in [0.2, 0.25) is 0 Å². The summed E-state index contributed by atoms with van der Waals surface area (Å²) in [6.07, 6.45) is 0. The van der Waals surface area contributed by atoms with E-state index in [0.29, 0.717) is 5.56 Å². The number of nitrogens with zero attached hydrogens (tertiary/aromatic N) is 6. The van der Waals surface area contributed by atoms with E-state index in [0.717, 1.165) is 6.07 Å². The van der Waals surface area contributed by atoms with Gasteiger partial charge in [0.05, 0.1) is 12.0 Å². The maximum Gasteiger partial charge on any atom is 0.270 e. The summed E-state index contributed by atoms with van der Waals surface area (Å²) in [4.78, 5) is 21.3. The van der Waals surface area contributed by atoms with Crippen molar-refractivity contribution in [2.24, 2.45) is 7.05 Å². The van der Waals surface area contributed by atoms with Crippen LogP contribution in [0.3, 0.4) is 0 Å². The zero-order valence-corrected chi connectivity index (χ0v) is 9.76. The lowest BCUT2D eigenvalue weighted by Crippen LogP contribution is -2.00. The monoisotopic (exact) mass is 264 g/mol. The SMILES string of the molecule is Cn1nnc(-c2cc(C[N+](=O)[O-])cc([N+](=O)[O-])c2)n1. The molecular weight excluding hydrogens is 256 g/mol. The molecule has 10 nitrogen and oxygen atoms in total. The topological polar surface area (TPSA) is 130 Å². The summed E-state index contributed by atoms with van der Waals surface area (Å²) in [6, 6.07) is 3.84. The Morgan fingerprint density at radius 3 is 2.53 bits per heavy atom. The number of nitro benzene ring substituents is 1. The minimum atomic E-state index is -0.622. The fourth-order valence-corrected chi connectivity index (χ4v) is 1.55. The average Bonchev–Trinajstić information content (AvgIpc) is 2.74. The van der Waals surface area contributed by atoms with Gasteiger partial charge in [-0.15, -0.1) is 10.2 Å². The highest BCUT2D eigenvalue weighted by Gasteiger charge is 2.16. The fraction of sp³-hybridized carbons (Fsp3) is 0.222. The summed E-state index contributed by atoms with van der Waals surface area (Å²) in [5.41, 5.74) is 0.280. The van der Waals surface area contributed by atoms with Crippen LogP contribution in [0.5, 0.6) is 0 Å². The first-order valence-electron chi connectivity index (χ1n) is 5.10. The standard InChI is InChI=1S/C9H8N6O4/c1-13-11-9(10-12-13)7-2-6(5-14(16)17)3-8(4-7)15(18)19/h2-4H,5H2,1H3. The lowest BCUT2D eigenvalue weighted by molar-refractivity contribution is -0.496. The van der Waals surface area contributed by atoms with Crippen molar-refractivity contribution in [1.29, 1.82) is 0 Å². The highest BCUT2D eigenvalue weighted by atomic mass is 16.6. The van der Waals surface area contributed by atoms with E-state index in [1.54, 1.807) is 7.05 Å². The first kappa shape index (κ1) is 12.5. The van der Waals surface area contributed by atoms with Crippen LogP contribution in [-0.2, 0) is 13.6 Å². The third kappa shape index (κ3) is 2.86. The first-order chi connectivity index (χ1) is 8.95. The lowest BCUT2D eigenvalue weighted by Gasteiger charge is -2.00. The second-order valence-corrected chi connectivity index (χ2v) is 3.74. The molecule has 1 aromatic carbocycles. The van der Waals surface area contributed by atoms with Gasteiger partial charge in [-0.05, 0) is 11.3 Å². The van der Waals surface area contributed by atoms with Gasteiger partial charge in [-0.25, -0.2) is 0 Å². The van der Waals surface area contributed by atoms with E-state index in [9.17, 15) is 20.2 Å². The summed E-state index contributed by atoms with van der Waals surface area (Å²) in [7, 11) is 1.55. The molecular formula is C9H8N6O4. The third-order valence-electron chi connectivity index (χ3n) is 2.27. The molecule has 0 aliphatic rings. The number of non-ortho nitro benzene ring substituents is 1. The Morgan fingerprint density at radius 2 is 2.00 bits per heavy atom. The number of hydrogen-bond acceptors (Lipinski definition) is 7. The van der Waals surface area contributed by atoms with Crippen LogP contribution in [0.25, 0.3) is 11.4 Å². The highest BCUT2D eigenvalue weighted by molar-refractivity contribution is 5.60. The number of tetrazole rings is 1. The summed E-state index contributed by atoms with van der Waals surface area (Å²) in [5, 5.41) is 32.5. The summed E-state index contributed by atoms with van der Waals surface area (Å²) in [5.74, 6) is 0.177. The zero-order chi connectivity index (χ0) is 14.0. The van der Waals surface area contributed by atoms with E-state index < -0.39 is 16.4 Å². The van der Waals surface area contributed by atoms with E-state index in [4.69, 9.17) is 0 Å². The normalized spacial score (nSPS) is 10.4. The van der Waals surface area contributed by atoms with Crippen LogP contribution < -0.4 is 0 Å². The molecule has 0 spiro atoms. The molecule has 1 aromatic heterocycles. The number of aryl methyl sites for hydroxylation is 1. The van der Waals surface area contributed by atoms with Crippen molar-refractivity contribution in [2.45, 2.75) is 6.54 Å². The minimum Gasteiger partial charge on any atom is -0.264 e. The van der Waals surface area contributed by atoms with Gasteiger partial charge in [0.1, 0.15) is 0 Å². The molecule has 0 amide bonds. The van der Waals surface area contributed by atoms with Gasteiger partial charge in [-0.3, -0.25) is 20.2 Å². The summed E-state index contributed by atoms with van der Waals surface area (Å²) in [6.45, 7) is -0.505. The van der Waals surface area contributed by atoms with Crippen LogP contribution in [0.15, 0.2) is 18.2 Å². The molecule has 1 heterocycles. The smallest absolute Gasteiger partial charge is 0.264 e. The molecule has 2 aromatic rings. The average molecular weight is 264 g/mol. The van der Waals surface area contributed by atoms with Gasteiger partial charge in [-0.1, -0.05) is 0 Å². The summed E-state index contributed by atoms with van der Waals surface area (Å²) < 4.78 is 0. The van der Waals surface area contributed by atoms with Crippen LogP contribution >= 0.6 is 0 Å². The maximum atomic E-state index is 10.8. The predicted molar refractivity (Wildman–Crippen MR) is 61.6 cm³/mol. The minimum absolute atomic E-state index is 0.177. The second kappa shape index (κ2) is 4.76. The van der Waals surface area contributed by atoms with Gasteiger partial charge >= 0.3 is 0 Å². The number of nitro groups is 2. The molecule has 0 saturated heterocycles. The van der Waals surface area contributed by atoms with Crippen LogP contribution in [-0.4, -0.2) is 30.1 Å². The molecule has 0 aliphatic heterocycles. The zero-order valence-electron chi connectivity index (χ0n) is 9.76. The van der Waals surface area contributed by atoms with E-state index in [1.807, 2.05) is 0 Å². The Bertz CT molecular complexity index is 652. The molecule has 0 unspecified atom stereocenters. The van der Waals surface area contributed by atoms with Crippen molar-refractivity contribution in [3.8, 4) is 11.4 Å². The predicted octanol–water partition coefficient (Wildman–Crippen LogP) is 0.562. The van der Waals surface area contributed by atoms with E-state index in [1.165, 1.54) is 16.9 Å². The Balaban J connectivity index is 2.50. The molecule has 0 saturated carbocycles. The first-order valence-corrected chi connectivity index (χ1v) is 5.10. The quantitative estimate of drug-likeness (QED) is 0.582. The van der Waals surface area contributed by atoms with Gasteiger partial charge in [0.15, 0.2) is 0 Å². The van der Waals surface area contributed by atoms with Crippen LogP contribution in [0.1, 0.15) is 5.56 Å². The molecule has 0 bridgehead atoms. The van der Waals surface area contributed by atoms with Gasteiger partial charge in [0, 0.05) is 28.2 Å². The number of hydrogen-bond donors (Lipinski definition) is 0. The van der Waals surface area contributed by atoms with Gasteiger partial charge in [-0.2, -0.15) is 4.80 Å². The largest absolute Gasteiger partial charge is 0.270 e. The number of benzene rings is 1. The van der Waals surface area contributed by atoms with Crippen molar-refractivity contribution >= 4 is 5.69 Å². The molecule has 0 radical (unpaired) electrons. The van der Waals surface area contributed by atoms with Crippen LogP contribution in [0, 0.1) is 20.2 Å². The molecule has 2 rings (SSSR count). The molecule has 0 N–H and O–H groups in total. The lowest BCUT2D eigenvalue weighted by atomic mass is 10.1. The summed E-state index contributed by atoms with van der Waals surface area (Å²) >= 11 is 0. The third-order valence-corrected chi connectivity index (χ3v) is 2.27. The van der Waals surface area contributed by atoms with Crippen molar-refractivity contribution in [3.63, 3.8) is 0 Å². The number of rotatable bonds is 4. The van der Waals surface area contributed by atoms with E-state index >= 15 is 0 Å². The second-order valence-electron chi connectivity index (χ2n) is 3.74. The van der Waals surface area contributed by atoms with Crippen molar-refractivity contribution < 1.29 is 9.85 Å². The molecule has 0 atom stereocenters. The Labute approximate surface area is 106 Å². The van der Waals surface area contributed by atoms with Gasteiger partial charge in [0.2, 0.25) is 12.4 Å². The Morgan fingerprint density at radius 1 is 1.26 bits per heavy atom. The highest BCUT2D eigenvalue weighted by Crippen LogP contribution is 2.23.